The van der Waals surface area contributed by atoms with Crippen molar-refractivity contribution in [3.05, 3.63) is 0 Å². The van der Waals surface area contributed by atoms with E-state index in [0.29, 0.717) is 12.8 Å². The molecule has 1 saturated carbocycles. The van der Waals surface area contributed by atoms with Gasteiger partial charge >= 0.3 is 0 Å². The molecule has 1 aliphatic carbocycles. The van der Waals surface area contributed by atoms with Crippen LogP contribution in [0.3, 0.4) is 0 Å². The van der Waals surface area contributed by atoms with E-state index in [4.69, 9.17) is 0 Å². The maximum Gasteiger partial charge on any atom is 0.251 e. The lowest BCUT2D eigenvalue weighted by atomic mass is 9.79. The number of halogens is 2. The van der Waals surface area contributed by atoms with Gasteiger partial charge in [0.25, 0.3) is 5.92 Å². The van der Waals surface area contributed by atoms with Gasteiger partial charge in [-0.2, -0.15) is 0 Å². The third kappa shape index (κ3) is 1.91. The summed E-state index contributed by atoms with van der Waals surface area (Å²) in [5.74, 6) is -2.62. The molecular formula is C9H16F2. The van der Waals surface area contributed by atoms with E-state index in [1.807, 2.05) is 13.8 Å². The molecule has 1 rings (SSSR count). The number of rotatable bonds is 1. The van der Waals surface area contributed by atoms with Gasteiger partial charge in [-0.1, -0.05) is 20.3 Å². The van der Waals surface area contributed by atoms with E-state index in [2.05, 4.69) is 0 Å². The largest absolute Gasteiger partial charge is 0.251 e. The highest BCUT2D eigenvalue weighted by atomic mass is 19.3. The molecule has 1 fully saturated rings. The highest BCUT2D eigenvalue weighted by molar-refractivity contribution is 4.83. The molecular weight excluding hydrogens is 146 g/mol. The van der Waals surface area contributed by atoms with E-state index in [9.17, 15) is 8.78 Å². The number of hydrogen-bond donors (Lipinski definition) is 0. The molecule has 0 nitrogen and oxygen atoms in total. The van der Waals surface area contributed by atoms with Crippen LogP contribution >= 0.6 is 0 Å². The first kappa shape index (κ1) is 8.95. The van der Waals surface area contributed by atoms with Gasteiger partial charge in [-0.05, 0) is 18.8 Å². The van der Waals surface area contributed by atoms with Crippen LogP contribution < -0.4 is 0 Å². The topological polar surface area (TPSA) is 0 Å². The molecule has 0 aromatic carbocycles. The van der Waals surface area contributed by atoms with Gasteiger partial charge in [-0.3, -0.25) is 0 Å². The molecule has 0 bridgehead atoms. The van der Waals surface area contributed by atoms with Crippen molar-refractivity contribution in [1.82, 2.24) is 0 Å². The molecule has 0 spiro atoms. The van der Waals surface area contributed by atoms with Crippen LogP contribution in [0.25, 0.3) is 0 Å². The Morgan fingerprint density at radius 2 is 1.91 bits per heavy atom. The quantitative estimate of drug-likeness (QED) is 0.553. The van der Waals surface area contributed by atoms with Crippen molar-refractivity contribution in [1.29, 1.82) is 0 Å². The van der Waals surface area contributed by atoms with Gasteiger partial charge < -0.3 is 0 Å². The lowest BCUT2D eigenvalue weighted by molar-refractivity contribution is -0.101. The summed E-state index contributed by atoms with van der Waals surface area (Å²) in [6, 6.07) is 0. The van der Waals surface area contributed by atoms with Crippen molar-refractivity contribution >= 4 is 0 Å². The summed E-state index contributed by atoms with van der Waals surface area (Å²) in [4.78, 5) is 0. The van der Waals surface area contributed by atoms with E-state index in [0.717, 1.165) is 6.42 Å². The van der Waals surface area contributed by atoms with Crippen LogP contribution in [0.1, 0.15) is 39.5 Å². The molecule has 0 radical (unpaired) electrons. The Balaban J connectivity index is 2.60. The minimum Gasteiger partial charge on any atom is -0.207 e. The molecule has 66 valence electrons. The second kappa shape index (κ2) is 3.08. The van der Waals surface area contributed by atoms with Gasteiger partial charge in [-0.25, -0.2) is 8.78 Å². The molecule has 2 heteroatoms. The minimum atomic E-state index is -2.38. The molecule has 0 aromatic rings. The highest BCUT2D eigenvalue weighted by Gasteiger charge is 2.42. The predicted molar refractivity (Wildman–Crippen MR) is 41.7 cm³/mol. The zero-order valence-electron chi connectivity index (χ0n) is 7.24. The van der Waals surface area contributed by atoms with Crippen molar-refractivity contribution in [3.8, 4) is 0 Å². The fourth-order valence-electron chi connectivity index (χ4n) is 1.94. The van der Waals surface area contributed by atoms with Crippen LogP contribution in [0.5, 0.6) is 0 Å². The molecule has 0 saturated heterocycles. The Labute approximate surface area is 67.0 Å². The Morgan fingerprint density at radius 1 is 1.27 bits per heavy atom. The maximum absolute atomic E-state index is 13.1. The monoisotopic (exact) mass is 162 g/mol. The zero-order chi connectivity index (χ0) is 8.48. The Morgan fingerprint density at radius 3 is 2.27 bits per heavy atom. The summed E-state index contributed by atoms with van der Waals surface area (Å²) >= 11 is 0. The second-order valence-electron chi connectivity index (χ2n) is 3.86. The first-order valence-corrected chi connectivity index (χ1v) is 4.42. The standard InChI is InChI=1S/C9H16F2/c1-7(2)8-5-3-4-6-9(8,10)11/h7-8H,3-6H2,1-2H3. The fourth-order valence-corrected chi connectivity index (χ4v) is 1.94. The van der Waals surface area contributed by atoms with Gasteiger partial charge in [-0.15, -0.1) is 0 Å². The Hall–Kier alpha value is -0.140. The lowest BCUT2D eigenvalue weighted by Crippen LogP contribution is -2.35. The van der Waals surface area contributed by atoms with E-state index >= 15 is 0 Å². The summed E-state index contributed by atoms with van der Waals surface area (Å²) in [5, 5.41) is 0. The van der Waals surface area contributed by atoms with Crippen molar-refractivity contribution in [3.63, 3.8) is 0 Å². The van der Waals surface area contributed by atoms with Crippen LogP contribution in [0.2, 0.25) is 0 Å². The van der Waals surface area contributed by atoms with Crippen molar-refractivity contribution < 1.29 is 8.78 Å². The number of alkyl halides is 2. The molecule has 0 aromatic heterocycles. The average molecular weight is 162 g/mol. The molecule has 0 heterocycles. The summed E-state index contributed by atoms with van der Waals surface area (Å²) in [5.41, 5.74) is 0. The Bertz CT molecular complexity index is 130. The normalized spacial score (nSPS) is 30.8. The predicted octanol–water partition coefficient (Wildman–Crippen LogP) is 3.47. The molecule has 1 unspecified atom stereocenters. The van der Waals surface area contributed by atoms with E-state index in [1.54, 1.807) is 0 Å². The van der Waals surface area contributed by atoms with Gasteiger partial charge in [0.05, 0.1) is 0 Å². The van der Waals surface area contributed by atoms with E-state index in [-0.39, 0.29) is 18.3 Å². The van der Waals surface area contributed by atoms with Crippen molar-refractivity contribution in [2.45, 2.75) is 45.5 Å². The van der Waals surface area contributed by atoms with E-state index < -0.39 is 5.92 Å². The lowest BCUT2D eigenvalue weighted by Gasteiger charge is -2.33. The molecule has 1 atom stereocenters. The van der Waals surface area contributed by atoms with Gasteiger partial charge in [0.15, 0.2) is 0 Å². The highest BCUT2D eigenvalue weighted by Crippen LogP contribution is 2.42. The fraction of sp³-hybridized carbons (Fsp3) is 1.00. The second-order valence-corrected chi connectivity index (χ2v) is 3.86. The zero-order valence-corrected chi connectivity index (χ0v) is 7.24. The van der Waals surface area contributed by atoms with Crippen LogP contribution in [0, 0.1) is 11.8 Å². The molecule has 11 heavy (non-hydrogen) atoms. The van der Waals surface area contributed by atoms with Crippen LogP contribution in [0.15, 0.2) is 0 Å². The van der Waals surface area contributed by atoms with Crippen LogP contribution in [-0.2, 0) is 0 Å². The van der Waals surface area contributed by atoms with Gasteiger partial charge in [0.2, 0.25) is 0 Å². The van der Waals surface area contributed by atoms with Crippen molar-refractivity contribution in [2.75, 3.05) is 0 Å². The molecule has 0 amide bonds. The summed E-state index contributed by atoms with van der Waals surface area (Å²) in [6.45, 7) is 3.79. The van der Waals surface area contributed by atoms with Gasteiger partial charge in [0, 0.05) is 12.3 Å². The molecule has 0 N–H and O–H groups in total. The van der Waals surface area contributed by atoms with E-state index in [1.165, 1.54) is 0 Å². The third-order valence-electron chi connectivity index (χ3n) is 2.62. The summed E-state index contributed by atoms with van der Waals surface area (Å²) in [7, 11) is 0. The van der Waals surface area contributed by atoms with Crippen LogP contribution in [-0.4, -0.2) is 5.92 Å². The van der Waals surface area contributed by atoms with Crippen molar-refractivity contribution in [2.24, 2.45) is 11.8 Å². The third-order valence-corrected chi connectivity index (χ3v) is 2.62. The number of hydrogen-bond acceptors (Lipinski definition) is 0. The average Bonchev–Trinajstić information content (AvgIpc) is 1.85. The first-order chi connectivity index (χ1) is 5.04. The Kier molecular flexibility index (Phi) is 2.50. The summed E-state index contributed by atoms with van der Waals surface area (Å²) in [6.07, 6.45) is 2.51. The van der Waals surface area contributed by atoms with Gasteiger partial charge in [0.1, 0.15) is 0 Å². The van der Waals surface area contributed by atoms with Crippen LogP contribution in [0.4, 0.5) is 8.78 Å². The smallest absolute Gasteiger partial charge is 0.207 e. The molecule has 0 aliphatic heterocycles. The SMILES string of the molecule is CC(C)C1CCCCC1(F)F. The maximum atomic E-state index is 13.1. The summed E-state index contributed by atoms with van der Waals surface area (Å²) < 4.78 is 26.2. The first-order valence-electron chi connectivity index (χ1n) is 4.42. The minimum absolute atomic E-state index is 0.107. The molecule has 1 aliphatic rings.